The van der Waals surface area contributed by atoms with Crippen molar-refractivity contribution in [3.8, 4) is 0 Å². The molecule has 1 aliphatic rings. The summed E-state index contributed by atoms with van der Waals surface area (Å²) in [6.45, 7) is 2.16. The fraction of sp³-hybridized carbons (Fsp3) is 0.500. The zero-order chi connectivity index (χ0) is 15.5. The topological polar surface area (TPSA) is 86.7 Å². The monoisotopic (exact) mass is 312 g/mol. The zero-order valence-electron chi connectivity index (χ0n) is 11.9. The second kappa shape index (κ2) is 6.55. The number of carbonyl (C=O) groups is 1. The van der Waals surface area contributed by atoms with Gasteiger partial charge in [0.15, 0.2) is 0 Å². The predicted molar refractivity (Wildman–Crippen MR) is 78.8 cm³/mol. The van der Waals surface area contributed by atoms with Gasteiger partial charge in [0.05, 0.1) is 5.92 Å². The number of rotatable bonds is 5. The second-order valence-electron chi connectivity index (χ2n) is 5.29. The van der Waals surface area contributed by atoms with Gasteiger partial charge in [0.25, 0.3) is 10.2 Å². The van der Waals surface area contributed by atoms with Crippen molar-refractivity contribution in [3.05, 3.63) is 35.9 Å². The van der Waals surface area contributed by atoms with Crippen molar-refractivity contribution in [2.24, 2.45) is 5.92 Å². The van der Waals surface area contributed by atoms with Crippen LogP contribution in [-0.2, 0) is 15.0 Å². The number of hydrogen-bond acceptors (Lipinski definition) is 3. The van der Waals surface area contributed by atoms with Gasteiger partial charge in [-0.1, -0.05) is 30.3 Å². The zero-order valence-corrected chi connectivity index (χ0v) is 12.7. The number of nitrogens with one attached hydrogen (secondary N) is 1. The van der Waals surface area contributed by atoms with Crippen molar-refractivity contribution in [2.45, 2.75) is 25.8 Å². The smallest absolute Gasteiger partial charge is 0.307 e. The van der Waals surface area contributed by atoms with Gasteiger partial charge >= 0.3 is 5.97 Å². The molecule has 116 valence electrons. The molecule has 0 aliphatic carbocycles. The average Bonchev–Trinajstić information content (AvgIpc) is 2.48. The molecular formula is C14H20N2O4S. The molecule has 1 fully saturated rings. The third-order valence-electron chi connectivity index (χ3n) is 3.70. The SMILES string of the molecule is CC(NS(=O)(=O)N1CCCC(C(=O)O)C1)c1ccccc1. The van der Waals surface area contributed by atoms with E-state index in [9.17, 15) is 13.2 Å². The van der Waals surface area contributed by atoms with E-state index < -0.39 is 22.1 Å². The third-order valence-corrected chi connectivity index (χ3v) is 5.36. The largest absolute Gasteiger partial charge is 0.481 e. The first-order chi connectivity index (χ1) is 9.90. The van der Waals surface area contributed by atoms with E-state index in [1.165, 1.54) is 4.31 Å². The minimum Gasteiger partial charge on any atom is -0.481 e. The quantitative estimate of drug-likeness (QED) is 0.860. The van der Waals surface area contributed by atoms with Crippen LogP contribution in [-0.4, -0.2) is 36.9 Å². The molecule has 2 unspecified atom stereocenters. The minimum atomic E-state index is -3.68. The van der Waals surface area contributed by atoms with Crippen LogP contribution >= 0.6 is 0 Å². The maximum atomic E-state index is 12.4. The fourth-order valence-corrected chi connectivity index (χ4v) is 3.95. The summed E-state index contributed by atoms with van der Waals surface area (Å²) in [5.74, 6) is -1.56. The van der Waals surface area contributed by atoms with E-state index in [1.54, 1.807) is 6.92 Å². The average molecular weight is 312 g/mol. The summed E-state index contributed by atoms with van der Waals surface area (Å²) in [4.78, 5) is 11.0. The number of carboxylic acid groups (broad SMARTS) is 1. The standard InChI is InChI=1S/C14H20N2O4S/c1-11(12-6-3-2-4-7-12)15-21(19,20)16-9-5-8-13(10-16)14(17)18/h2-4,6-7,11,13,15H,5,8-10H2,1H3,(H,17,18). The van der Waals surface area contributed by atoms with Crippen molar-refractivity contribution in [1.82, 2.24) is 9.03 Å². The second-order valence-corrected chi connectivity index (χ2v) is 6.99. The van der Waals surface area contributed by atoms with E-state index in [4.69, 9.17) is 5.11 Å². The molecule has 0 saturated carbocycles. The molecule has 0 spiro atoms. The summed E-state index contributed by atoms with van der Waals surface area (Å²) >= 11 is 0. The lowest BCUT2D eigenvalue weighted by molar-refractivity contribution is -0.142. The lowest BCUT2D eigenvalue weighted by atomic mass is 10.0. The van der Waals surface area contributed by atoms with E-state index >= 15 is 0 Å². The predicted octanol–water partition coefficient (Wildman–Crippen LogP) is 1.38. The van der Waals surface area contributed by atoms with Gasteiger partial charge in [0.2, 0.25) is 0 Å². The molecule has 0 aromatic heterocycles. The number of piperidine rings is 1. The molecule has 1 saturated heterocycles. The van der Waals surface area contributed by atoms with Crippen molar-refractivity contribution in [3.63, 3.8) is 0 Å². The summed E-state index contributed by atoms with van der Waals surface area (Å²) in [5.41, 5.74) is 0.868. The van der Waals surface area contributed by atoms with Crippen LogP contribution in [0.5, 0.6) is 0 Å². The fourth-order valence-electron chi connectivity index (χ4n) is 2.47. The molecule has 1 aromatic carbocycles. The Labute approximate surface area is 125 Å². The number of nitrogens with zero attached hydrogens (tertiary/aromatic N) is 1. The molecule has 2 rings (SSSR count). The Morgan fingerprint density at radius 1 is 1.38 bits per heavy atom. The number of hydrogen-bond donors (Lipinski definition) is 2. The highest BCUT2D eigenvalue weighted by atomic mass is 32.2. The van der Waals surface area contributed by atoms with Crippen molar-refractivity contribution in [1.29, 1.82) is 0 Å². The molecule has 21 heavy (non-hydrogen) atoms. The van der Waals surface area contributed by atoms with Crippen LogP contribution in [0, 0.1) is 5.92 Å². The lowest BCUT2D eigenvalue weighted by Gasteiger charge is -2.30. The first-order valence-corrected chi connectivity index (χ1v) is 8.39. The van der Waals surface area contributed by atoms with Crippen LogP contribution in [0.25, 0.3) is 0 Å². The highest BCUT2D eigenvalue weighted by Crippen LogP contribution is 2.20. The van der Waals surface area contributed by atoms with Crippen molar-refractivity contribution < 1.29 is 18.3 Å². The molecule has 0 bridgehead atoms. The molecule has 1 heterocycles. The number of carboxylic acids is 1. The number of aliphatic carboxylic acids is 1. The van der Waals surface area contributed by atoms with Crippen molar-refractivity contribution in [2.75, 3.05) is 13.1 Å². The lowest BCUT2D eigenvalue weighted by Crippen LogP contribution is -2.47. The van der Waals surface area contributed by atoms with Gasteiger partial charge in [-0.15, -0.1) is 0 Å². The normalized spacial score (nSPS) is 21.9. The van der Waals surface area contributed by atoms with Crippen molar-refractivity contribution >= 4 is 16.2 Å². The molecule has 6 nitrogen and oxygen atoms in total. The summed E-state index contributed by atoms with van der Waals surface area (Å²) in [5, 5.41) is 9.04. The summed E-state index contributed by atoms with van der Waals surface area (Å²) in [6.07, 6.45) is 1.09. The Bertz CT molecular complexity index is 588. The van der Waals surface area contributed by atoms with Crippen LogP contribution in [0.15, 0.2) is 30.3 Å². The van der Waals surface area contributed by atoms with Crippen LogP contribution in [0.3, 0.4) is 0 Å². The molecule has 7 heteroatoms. The molecule has 2 N–H and O–H groups in total. The van der Waals surface area contributed by atoms with E-state index in [0.29, 0.717) is 19.4 Å². The Morgan fingerprint density at radius 2 is 2.05 bits per heavy atom. The van der Waals surface area contributed by atoms with Gasteiger partial charge in [0, 0.05) is 19.1 Å². The molecule has 0 radical (unpaired) electrons. The first kappa shape index (κ1) is 15.9. The number of benzene rings is 1. The van der Waals surface area contributed by atoms with E-state index in [0.717, 1.165) is 5.56 Å². The van der Waals surface area contributed by atoms with Gasteiger partial charge in [0.1, 0.15) is 0 Å². The van der Waals surface area contributed by atoms with Crippen LogP contribution < -0.4 is 4.72 Å². The summed E-state index contributed by atoms with van der Waals surface area (Å²) < 4.78 is 28.6. The van der Waals surface area contributed by atoms with Gasteiger partial charge in [-0.2, -0.15) is 17.4 Å². The summed E-state index contributed by atoms with van der Waals surface area (Å²) in [6, 6.07) is 8.91. The molecule has 2 atom stereocenters. The Morgan fingerprint density at radius 3 is 2.67 bits per heavy atom. The van der Waals surface area contributed by atoms with Gasteiger partial charge in [-0.3, -0.25) is 4.79 Å². The van der Waals surface area contributed by atoms with E-state index in [1.807, 2.05) is 30.3 Å². The Kier molecular flexibility index (Phi) is 4.97. The summed E-state index contributed by atoms with van der Waals surface area (Å²) in [7, 11) is -3.68. The molecular weight excluding hydrogens is 292 g/mol. The minimum absolute atomic E-state index is 0.0339. The molecule has 1 aromatic rings. The Balaban J connectivity index is 2.06. The third kappa shape index (κ3) is 4.03. The molecule has 1 aliphatic heterocycles. The van der Waals surface area contributed by atoms with Gasteiger partial charge < -0.3 is 5.11 Å². The van der Waals surface area contributed by atoms with Crippen LogP contribution in [0.1, 0.15) is 31.4 Å². The highest BCUT2D eigenvalue weighted by molar-refractivity contribution is 7.87. The first-order valence-electron chi connectivity index (χ1n) is 6.95. The van der Waals surface area contributed by atoms with Gasteiger partial charge in [-0.25, -0.2) is 0 Å². The molecule has 0 amide bonds. The maximum Gasteiger partial charge on any atom is 0.307 e. The highest BCUT2D eigenvalue weighted by Gasteiger charge is 2.32. The maximum absolute atomic E-state index is 12.4. The van der Waals surface area contributed by atoms with Crippen LogP contribution in [0.2, 0.25) is 0 Å². The van der Waals surface area contributed by atoms with Gasteiger partial charge in [-0.05, 0) is 25.3 Å². The van der Waals surface area contributed by atoms with E-state index in [-0.39, 0.29) is 12.6 Å². The van der Waals surface area contributed by atoms with E-state index in [2.05, 4.69) is 4.72 Å². The Hall–Kier alpha value is -1.44. The van der Waals surface area contributed by atoms with Crippen LogP contribution in [0.4, 0.5) is 0 Å².